The number of methoxy groups -OCH3 is 1. The summed E-state index contributed by atoms with van der Waals surface area (Å²) in [5, 5.41) is 3.20. The molecule has 5 heteroatoms. The number of rotatable bonds is 3. The molecule has 1 aliphatic rings. The van der Waals surface area contributed by atoms with Crippen molar-refractivity contribution >= 4 is 5.69 Å². The Balaban J connectivity index is 2.06. The fourth-order valence-electron chi connectivity index (χ4n) is 2.76. The summed E-state index contributed by atoms with van der Waals surface area (Å²) in [6, 6.07) is 5.53. The van der Waals surface area contributed by atoms with Crippen molar-refractivity contribution in [3.05, 3.63) is 23.8 Å². The van der Waals surface area contributed by atoms with Gasteiger partial charge in [-0.15, -0.1) is 0 Å². The SMILES string of the molecule is COc1cc(C)ccc1NC1CCCC(C(F)(F)F)C1. The Hall–Kier alpha value is -1.39. The summed E-state index contributed by atoms with van der Waals surface area (Å²) in [5.74, 6) is -0.510. The molecule has 112 valence electrons. The Kier molecular flexibility index (Phi) is 4.45. The van der Waals surface area contributed by atoms with E-state index in [0.717, 1.165) is 17.7 Å². The highest BCUT2D eigenvalue weighted by Gasteiger charge is 2.42. The molecule has 0 aliphatic heterocycles. The normalized spacial score (nSPS) is 23.4. The number of benzene rings is 1. The fourth-order valence-corrected chi connectivity index (χ4v) is 2.76. The van der Waals surface area contributed by atoms with Crippen LogP contribution in [0.25, 0.3) is 0 Å². The quantitative estimate of drug-likeness (QED) is 0.881. The third-order valence-corrected chi connectivity index (χ3v) is 3.85. The lowest BCUT2D eigenvalue weighted by Gasteiger charge is -2.32. The first-order valence-corrected chi connectivity index (χ1v) is 6.88. The maximum atomic E-state index is 12.8. The number of hydrogen-bond acceptors (Lipinski definition) is 2. The van der Waals surface area contributed by atoms with Crippen molar-refractivity contribution in [1.29, 1.82) is 0 Å². The predicted octanol–water partition coefficient (Wildman–Crippen LogP) is 4.54. The van der Waals surface area contributed by atoms with E-state index in [1.54, 1.807) is 7.11 Å². The highest BCUT2D eigenvalue weighted by molar-refractivity contribution is 5.58. The first-order chi connectivity index (χ1) is 9.40. The minimum absolute atomic E-state index is 0.139. The van der Waals surface area contributed by atoms with Gasteiger partial charge < -0.3 is 10.1 Å². The lowest BCUT2D eigenvalue weighted by atomic mass is 9.85. The van der Waals surface area contributed by atoms with Gasteiger partial charge in [-0.05, 0) is 43.9 Å². The van der Waals surface area contributed by atoms with Crippen LogP contribution in [0.4, 0.5) is 18.9 Å². The second-order valence-electron chi connectivity index (χ2n) is 5.45. The van der Waals surface area contributed by atoms with E-state index < -0.39 is 12.1 Å². The number of aryl methyl sites for hydroxylation is 1. The van der Waals surface area contributed by atoms with Crippen LogP contribution in [0.5, 0.6) is 5.75 Å². The predicted molar refractivity (Wildman–Crippen MR) is 73.2 cm³/mol. The van der Waals surface area contributed by atoms with E-state index in [1.165, 1.54) is 0 Å². The van der Waals surface area contributed by atoms with Crippen molar-refractivity contribution in [2.24, 2.45) is 5.92 Å². The maximum Gasteiger partial charge on any atom is 0.391 e. The van der Waals surface area contributed by atoms with Crippen molar-refractivity contribution in [3.8, 4) is 5.75 Å². The van der Waals surface area contributed by atoms with Gasteiger partial charge in [-0.3, -0.25) is 0 Å². The van der Waals surface area contributed by atoms with Crippen LogP contribution in [0.3, 0.4) is 0 Å². The molecule has 2 rings (SSSR count). The number of ether oxygens (including phenoxy) is 1. The Morgan fingerprint density at radius 2 is 2.00 bits per heavy atom. The van der Waals surface area contributed by atoms with Crippen molar-refractivity contribution in [1.82, 2.24) is 0 Å². The van der Waals surface area contributed by atoms with Gasteiger partial charge in [-0.1, -0.05) is 12.5 Å². The largest absolute Gasteiger partial charge is 0.495 e. The van der Waals surface area contributed by atoms with E-state index in [2.05, 4.69) is 5.32 Å². The zero-order chi connectivity index (χ0) is 14.8. The number of hydrogen-bond donors (Lipinski definition) is 1. The molecule has 1 aliphatic carbocycles. The molecule has 2 atom stereocenters. The number of halogens is 3. The first-order valence-electron chi connectivity index (χ1n) is 6.88. The molecule has 2 unspecified atom stereocenters. The van der Waals surface area contributed by atoms with Crippen molar-refractivity contribution in [2.75, 3.05) is 12.4 Å². The highest BCUT2D eigenvalue weighted by Crippen LogP contribution is 2.39. The third kappa shape index (κ3) is 3.58. The van der Waals surface area contributed by atoms with Gasteiger partial charge >= 0.3 is 6.18 Å². The molecule has 2 nitrogen and oxygen atoms in total. The van der Waals surface area contributed by atoms with E-state index in [-0.39, 0.29) is 18.9 Å². The Morgan fingerprint density at radius 3 is 2.65 bits per heavy atom. The van der Waals surface area contributed by atoms with Crippen LogP contribution in [-0.2, 0) is 0 Å². The van der Waals surface area contributed by atoms with E-state index in [1.807, 2.05) is 25.1 Å². The van der Waals surface area contributed by atoms with E-state index in [0.29, 0.717) is 12.2 Å². The fraction of sp³-hybridized carbons (Fsp3) is 0.600. The Bertz CT molecular complexity index is 459. The molecular weight excluding hydrogens is 267 g/mol. The molecule has 0 bridgehead atoms. The summed E-state index contributed by atoms with van der Waals surface area (Å²) in [4.78, 5) is 0. The summed E-state index contributed by atoms with van der Waals surface area (Å²) in [6.07, 6.45) is -2.33. The summed E-state index contributed by atoms with van der Waals surface area (Å²) in [7, 11) is 1.57. The lowest BCUT2D eigenvalue weighted by Crippen LogP contribution is -2.34. The Morgan fingerprint density at radius 1 is 1.25 bits per heavy atom. The standard InChI is InChI=1S/C15H20F3NO/c1-10-6-7-13(14(8-10)20-2)19-12-5-3-4-11(9-12)15(16,17)18/h6-8,11-12,19H,3-5,9H2,1-2H3. The molecule has 0 radical (unpaired) electrons. The Labute approximate surface area is 117 Å². The minimum atomic E-state index is -4.09. The molecule has 1 aromatic carbocycles. The van der Waals surface area contributed by atoms with Crippen molar-refractivity contribution in [3.63, 3.8) is 0 Å². The third-order valence-electron chi connectivity index (χ3n) is 3.85. The summed E-state index contributed by atoms with van der Waals surface area (Å²) in [6.45, 7) is 1.95. The van der Waals surface area contributed by atoms with Gasteiger partial charge in [0.1, 0.15) is 5.75 Å². The van der Waals surface area contributed by atoms with Gasteiger partial charge in [-0.2, -0.15) is 13.2 Å². The van der Waals surface area contributed by atoms with Crippen molar-refractivity contribution < 1.29 is 17.9 Å². The molecular formula is C15H20F3NO. The smallest absolute Gasteiger partial charge is 0.391 e. The van der Waals surface area contributed by atoms with E-state index in [4.69, 9.17) is 4.74 Å². The summed E-state index contributed by atoms with van der Waals surface area (Å²) in [5.41, 5.74) is 1.83. The average molecular weight is 287 g/mol. The van der Waals surface area contributed by atoms with Crippen LogP contribution in [0.2, 0.25) is 0 Å². The zero-order valence-electron chi connectivity index (χ0n) is 11.8. The second-order valence-corrected chi connectivity index (χ2v) is 5.45. The molecule has 0 saturated heterocycles. The van der Waals surface area contributed by atoms with Crippen LogP contribution >= 0.6 is 0 Å². The molecule has 1 N–H and O–H groups in total. The molecule has 0 spiro atoms. The van der Waals surface area contributed by atoms with Crippen LogP contribution in [0.1, 0.15) is 31.2 Å². The van der Waals surface area contributed by atoms with Gasteiger partial charge in [-0.25, -0.2) is 0 Å². The van der Waals surface area contributed by atoms with Gasteiger partial charge in [0.15, 0.2) is 0 Å². The first kappa shape index (κ1) is 15.0. The van der Waals surface area contributed by atoms with Crippen LogP contribution in [0.15, 0.2) is 18.2 Å². The number of alkyl halides is 3. The number of anilines is 1. The lowest BCUT2D eigenvalue weighted by molar-refractivity contribution is -0.182. The molecule has 0 amide bonds. The van der Waals surface area contributed by atoms with Crippen LogP contribution < -0.4 is 10.1 Å². The van der Waals surface area contributed by atoms with Gasteiger partial charge in [0, 0.05) is 6.04 Å². The minimum Gasteiger partial charge on any atom is -0.495 e. The van der Waals surface area contributed by atoms with Gasteiger partial charge in [0.05, 0.1) is 18.7 Å². The second kappa shape index (κ2) is 5.94. The summed E-state index contributed by atoms with van der Waals surface area (Å²) >= 11 is 0. The topological polar surface area (TPSA) is 21.3 Å². The average Bonchev–Trinajstić information content (AvgIpc) is 2.40. The van der Waals surface area contributed by atoms with Crippen molar-refractivity contribution in [2.45, 2.75) is 44.8 Å². The molecule has 0 heterocycles. The zero-order valence-corrected chi connectivity index (χ0v) is 11.8. The molecule has 0 aromatic heterocycles. The molecule has 20 heavy (non-hydrogen) atoms. The molecule has 1 aromatic rings. The van der Waals surface area contributed by atoms with Gasteiger partial charge in [0.25, 0.3) is 0 Å². The number of nitrogens with one attached hydrogen (secondary N) is 1. The van der Waals surface area contributed by atoms with Gasteiger partial charge in [0.2, 0.25) is 0 Å². The summed E-state index contributed by atoms with van der Waals surface area (Å²) < 4.78 is 43.7. The van der Waals surface area contributed by atoms with Crippen LogP contribution in [0, 0.1) is 12.8 Å². The van der Waals surface area contributed by atoms with Crippen LogP contribution in [-0.4, -0.2) is 19.3 Å². The highest BCUT2D eigenvalue weighted by atomic mass is 19.4. The van der Waals surface area contributed by atoms with E-state index in [9.17, 15) is 13.2 Å². The monoisotopic (exact) mass is 287 g/mol. The molecule has 1 fully saturated rings. The maximum absolute atomic E-state index is 12.8. The molecule has 1 saturated carbocycles. The van der Waals surface area contributed by atoms with E-state index >= 15 is 0 Å².